The first-order chi connectivity index (χ1) is 13.9. The molecule has 1 aliphatic carbocycles. The normalized spacial score (nSPS) is 17.0. The van der Waals surface area contributed by atoms with Crippen molar-refractivity contribution in [3.8, 4) is 5.75 Å². The molecule has 1 saturated carbocycles. The SMILES string of the molecule is CCC(C)CCC1(c2cc(O)c(Sc3ccccc3C(C)C)c(=O)o2)CCCC1. The average Bonchev–Trinajstić information content (AvgIpc) is 3.19. The number of rotatable bonds is 8. The molecule has 158 valence electrons. The molecule has 0 aliphatic heterocycles. The maximum Gasteiger partial charge on any atom is 0.353 e. The summed E-state index contributed by atoms with van der Waals surface area (Å²) in [6.45, 7) is 8.76. The Bertz CT molecular complexity index is 878. The third-order valence-electron chi connectivity index (χ3n) is 6.54. The fourth-order valence-corrected chi connectivity index (χ4v) is 5.46. The van der Waals surface area contributed by atoms with Crippen molar-refractivity contribution in [1.29, 1.82) is 0 Å². The van der Waals surface area contributed by atoms with Crippen LogP contribution in [0.3, 0.4) is 0 Å². The maximum atomic E-state index is 12.9. The van der Waals surface area contributed by atoms with Gasteiger partial charge in [0.1, 0.15) is 16.4 Å². The fraction of sp³-hybridized carbons (Fsp3) is 0.560. The van der Waals surface area contributed by atoms with E-state index >= 15 is 0 Å². The molecule has 1 aromatic carbocycles. The van der Waals surface area contributed by atoms with Crippen molar-refractivity contribution in [2.45, 2.75) is 93.8 Å². The van der Waals surface area contributed by atoms with Crippen LogP contribution < -0.4 is 5.63 Å². The van der Waals surface area contributed by atoms with Crippen LogP contribution in [0.4, 0.5) is 0 Å². The summed E-state index contributed by atoms with van der Waals surface area (Å²) in [7, 11) is 0. The molecule has 1 heterocycles. The summed E-state index contributed by atoms with van der Waals surface area (Å²) in [5, 5.41) is 10.8. The van der Waals surface area contributed by atoms with Gasteiger partial charge in [-0.3, -0.25) is 0 Å². The Morgan fingerprint density at radius 2 is 1.86 bits per heavy atom. The highest BCUT2D eigenvalue weighted by atomic mass is 32.2. The highest BCUT2D eigenvalue weighted by Crippen LogP contribution is 2.47. The Morgan fingerprint density at radius 3 is 2.48 bits per heavy atom. The van der Waals surface area contributed by atoms with Crippen LogP contribution in [-0.4, -0.2) is 5.11 Å². The van der Waals surface area contributed by atoms with Gasteiger partial charge in [0.2, 0.25) is 0 Å². The molecule has 0 bridgehead atoms. The molecule has 1 aromatic heterocycles. The van der Waals surface area contributed by atoms with Gasteiger partial charge in [0.15, 0.2) is 0 Å². The van der Waals surface area contributed by atoms with E-state index in [0.29, 0.717) is 17.6 Å². The van der Waals surface area contributed by atoms with E-state index in [1.165, 1.54) is 17.3 Å². The second-order valence-corrected chi connectivity index (χ2v) is 10.00. The van der Waals surface area contributed by atoms with Crippen LogP contribution in [0.15, 0.2) is 49.3 Å². The van der Waals surface area contributed by atoms with Crippen LogP contribution in [0.25, 0.3) is 0 Å². The highest BCUT2D eigenvalue weighted by Gasteiger charge is 2.39. The number of hydrogen-bond acceptors (Lipinski definition) is 4. The zero-order valence-corrected chi connectivity index (χ0v) is 19.0. The third-order valence-corrected chi connectivity index (χ3v) is 7.71. The Hall–Kier alpha value is -1.68. The predicted octanol–water partition coefficient (Wildman–Crippen LogP) is 7.26. The predicted molar refractivity (Wildman–Crippen MR) is 120 cm³/mol. The zero-order valence-electron chi connectivity index (χ0n) is 18.2. The van der Waals surface area contributed by atoms with Crippen molar-refractivity contribution >= 4 is 11.8 Å². The average molecular weight is 415 g/mol. The molecule has 0 spiro atoms. The second kappa shape index (κ2) is 9.42. The molecule has 0 saturated heterocycles. The molecule has 1 aliphatic rings. The van der Waals surface area contributed by atoms with Gasteiger partial charge in [-0.1, -0.05) is 76.9 Å². The molecule has 1 atom stereocenters. The number of aromatic hydroxyl groups is 1. The lowest BCUT2D eigenvalue weighted by Gasteiger charge is -2.29. The lowest BCUT2D eigenvalue weighted by Crippen LogP contribution is -2.25. The lowest BCUT2D eigenvalue weighted by atomic mass is 9.77. The summed E-state index contributed by atoms with van der Waals surface area (Å²) in [4.78, 5) is 14.2. The van der Waals surface area contributed by atoms with Gasteiger partial charge in [0.25, 0.3) is 0 Å². The maximum absolute atomic E-state index is 12.9. The van der Waals surface area contributed by atoms with Gasteiger partial charge in [-0.05, 0) is 49.1 Å². The Labute approximate surface area is 178 Å². The minimum Gasteiger partial charge on any atom is -0.506 e. The van der Waals surface area contributed by atoms with Crippen molar-refractivity contribution < 1.29 is 9.52 Å². The molecular formula is C25H34O3S. The Balaban J connectivity index is 1.92. The van der Waals surface area contributed by atoms with E-state index in [4.69, 9.17) is 4.42 Å². The van der Waals surface area contributed by atoms with Crippen LogP contribution in [0.1, 0.15) is 89.9 Å². The van der Waals surface area contributed by atoms with Crippen LogP contribution in [0, 0.1) is 5.92 Å². The van der Waals surface area contributed by atoms with Gasteiger partial charge in [-0.15, -0.1) is 0 Å². The quantitative estimate of drug-likeness (QED) is 0.494. The second-order valence-electron chi connectivity index (χ2n) is 8.95. The first-order valence-corrected chi connectivity index (χ1v) is 11.8. The Kier molecular flexibility index (Phi) is 7.15. The van der Waals surface area contributed by atoms with Gasteiger partial charge < -0.3 is 9.52 Å². The summed E-state index contributed by atoms with van der Waals surface area (Å²) in [5.41, 5.74) is 0.651. The van der Waals surface area contributed by atoms with Gasteiger partial charge in [0.05, 0.1) is 0 Å². The van der Waals surface area contributed by atoms with Crippen molar-refractivity contribution in [3.63, 3.8) is 0 Å². The van der Waals surface area contributed by atoms with Crippen molar-refractivity contribution in [2.24, 2.45) is 5.92 Å². The van der Waals surface area contributed by atoms with E-state index in [0.717, 1.165) is 49.8 Å². The summed E-state index contributed by atoms with van der Waals surface area (Å²) >= 11 is 1.31. The van der Waals surface area contributed by atoms with E-state index in [2.05, 4.69) is 33.8 Å². The van der Waals surface area contributed by atoms with Crippen molar-refractivity contribution in [2.75, 3.05) is 0 Å². The molecule has 1 fully saturated rings. The lowest BCUT2D eigenvalue weighted by molar-refractivity contribution is 0.270. The van der Waals surface area contributed by atoms with Crippen molar-refractivity contribution in [1.82, 2.24) is 0 Å². The van der Waals surface area contributed by atoms with Crippen LogP contribution in [-0.2, 0) is 5.41 Å². The molecule has 3 nitrogen and oxygen atoms in total. The molecule has 0 radical (unpaired) electrons. The summed E-state index contributed by atoms with van der Waals surface area (Å²) in [5.74, 6) is 1.74. The molecule has 2 aromatic rings. The fourth-order valence-electron chi connectivity index (χ4n) is 4.38. The van der Waals surface area contributed by atoms with Gasteiger partial charge in [-0.2, -0.15) is 0 Å². The Morgan fingerprint density at radius 1 is 1.17 bits per heavy atom. The molecule has 0 amide bonds. The summed E-state index contributed by atoms with van der Waals surface area (Å²) in [6.07, 6.45) is 7.69. The van der Waals surface area contributed by atoms with Gasteiger partial charge in [0, 0.05) is 16.4 Å². The van der Waals surface area contributed by atoms with E-state index in [1.54, 1.807) is 6.07 Å². The smallest absolute Gasteiger partial charge is 0.353 e. The molecule has 29 heavy (non-hydrogen) atoms. The standard InChI is InChI=1S/C25H34O3S/c1-5-18(4)12-15-25(13-8-9-14-25)22-16-20(26)23(24(27)28-22)29-21-11-7-6-10-19(21)17(2)3/h6-7,10-11,16-18,26H,5,8-9,12-15H2,1-4H3. The number of hydrogen-bond donors (Lipinski definition) is 1. The molecule has 4 heteroatoms. The minimum absolute atomic E-state index is 0.0506. The zero-order chi connectivity index (χ0) is 21.0. The molecule has 1 unspecified atom stereocenters. The highest BCUT2D eigenvalue weighted by molar-refractivity contribution is 7.99. The van der Waals surface area contributed by atoms with Crippen LogP contribution >= 0.6 is 11.8 Å². The first kappa shape index (κ1) is 22.0. The van der Waals surface area contributed by atoms with Crippen LogP contribution in [0.5, 0.6) is 5.75 Å². The third kappa shape index (κ3) is 4.91. The van der Waals surface area contributed by atoms with Crippen LogP contribution in [0.2, 0.25) is 0 Å². The van der Waals surface area contributed by atoms with E-state index < -0.39 is 5.63 Å². The largest absolute Gasteiger partial charge is 0.506 e. The van der Waals surface area contributed by atoms with Gasteiger partial charge >= 0.3 is 5.63 Å². The monoisotopic (exact) mass is 414 g/mol. The topological polar surface area (TPSA) is 50.4 Å². The van der Waals surface area contributed by atoms with E-state index in [1.807, 2.05) is 18.2 Å². The molecular weight excluding hydrogens is 380 g/mol. The number of benzene rings is 1. The van der Waals surface area contributed by atoms with Gasteiger partial charge in [-0.25, -0.2) is 4.79 Å². The molecule has 1 N–H and O–H groups in total. The van der Waals surface area contributed by atoms with E-state index in [-0.39, 0.29) is 16.1 Å². The first-order valence-electron chi connectivity index (χ1n) is 11.0. The van der Waals surface area contributed by atoms with E-state index in [9.17, 15) is 9.90 Å². The summed E-state index contributed by atoms with van der Waals surface area (Å²) < 4.78 is 5.88. The van der Waals surface area contributed by atoms with Crippen molar-refractivity contribution in [3.05, 3.63) is 52.1 Å². The summed E-state index contributed by atoms with van der Waals surface area (Å²) in [6, 6.07) is 9.76. The molecule has 3 rings (SSSR count). The minimum atomic E-state index is -0.418.